The van der Waals surface area contributed by atoms with Crippen molar-refractivity contribution >= 4 is 58.5 Å². The Morgan fingerprint density at radius 2 is 1.48 bits per heavy atom. The Morgan fingerprint density at radius 3 is 2.12 bits per heavy atom. The summed E-state index contributed by atoms with van der Waals surface area (Å²) in [4.78, 5) is 47.8. The van der Waals surface area contributed by atoms with E-state index in [0.29, 0.717) is 5.69 Å². The number of carbonyl (C=O) groups is 4. The van der Waals surface area contributed by atoms with Crippen molar-refractivity contribution in [3.8, 4) is 0 Å². The molecular weight excluding hydrogens is 468 g/mol. The molecule has 10 heteroatoms. The molecule has 0 aliphatic heterocycles. The van der Waals surface area contributed by atoms with Crippen molar-refractivity contribution in [2.75, 3.05) is 16.4 Å². The number of halogens is 1. The molecule has 0 bridgehead atoms. The summed E-state index contributed by atoms with van der Waals surface area (Å²) in [5.74, 6) is -3.19. The summed E-state index contributed by atoms with van der Waals surface area (Å²) < 4.78 is 0. The maximum absolute atomic E-state index is 12.4. The number of aromatic carboxylic acids is 2. The van der Waals surface area contributed by atoms with Crippen LogP contribution in [0, 0.1) is 0 Å². The maximum atomic E-state index is 12.4. The zero-order valence-corrected chi connectivity index (χ0v) is 18.4. The van der Waals surface area contributed by atoms with Gasteiger partial charge in [0.1, 0.15) is 0 Å². The summed E-state index contributed by atoms with van der Waals surface area (Å²) in [6, 6.07) is 16.6. The molecule has 0 heterocycles. The number of amides is 2. The van der Waals surface area contributed by atoms with E-state index >= 15 is 0 Å². The van der Waals surface area contributed by atoms with E-state index in [-0.39, 0.29) is 39.1 Å². The highest BCUT2D eigenvalue weighted by molar-refractivity contribution is 8.00. The molecule has 0 saturated carbocycles. The summed E-state index contributed by atoms with van der Waals surface area (Å²) in [5.41, 5.74) is 0.632. The molecule has 33 heavy (non-hydrogen) atoms. The number of carboxylic acid groups (broad SMARTS) is 2. The Bertz CT molecular complexity index is 1230. The maximum Gasteiger partial charge on any atom is 0.336 e. The smallest absolute Gasteiger partial charge is 0.336 e. The lowest BCUT2D eigenvalue weighted by Crippen LogP contribution is -2.16. The molecule has 0 fully saturated rings. The molecule has 168 valence electrons. The Labute approximate surface area is 197 Å². The Morgan fingerprint density at radius 1 is 0.818 bits per heavy atom. The number of nitrogens with one attached hydrogen (secondary N) is 2. The molecule has 0 aliphatic rings. The van der Waals surface area contributed by atoms with Crippen LogP contribution in [0.25, 0.3) is 0 Å². The van der Waals surface area contributed by atoms with E-state index in [4.69, 9.17) is 16.7 Å². The van der Waals surface area contributed by atoms with Gasteiger partial charge < -0.3 is 20.8 Å². The van der Waals surface area contributed by atoms with Crippen molar-refractivity contribution in [1.29, 1.82) is 0 Å². The van der Waals surface area contributed by atoms with E-state index in [1.807, 2.05) is 0 Å². The second-order valence-electron chi connectivity index (χ2n) is 6.67. The molecule has 3 aromatic rings. The number of hydrogen-bond acceptors (Lipinski definition) is 5. The van der Waals surface area contributed by atoms with Gasteiger partial charge in [-0.2, -0.15) is 0 Å². The van der Waals surface area contributed by atoms with Crippen molar-refractivity contribution in [2.24, 2.45) is 0 Å². The predicted octanol–water partition coefficient (Wildman–Crippen LogP) is 4.72. The first-order chi connectivity index (χ1) is 15.7. The van der Waals surface area contributed by atoms with Crippen molar-refractivity contribution in [3.63, 3.8) is 0 Å². The van der Waals surface area contributed by atoms with Crippen LogP contribution in [0.1, 0.15) is 31.1 Å². The zero-order valence-electron chi connectivity index (χ0n) is 16.9. The molecule has 8 nitrogen and oxygen atoms in total. The fourth-order valence-corrected chi connectivity index (χ4v) is 3.65. The van der Waals surface area contributed by atoms with Gasteiger partial charge in [-0.1, -0.05) is 23.7 Å². The third kappa shape index (κ3) is 6.34. The molecule has 4 N–H and O–H groups in total. The molecule has 0 unspecified atom stereocenters. The lowest BCUT2D eigenvalue weighted by Gasteiger charge is -2.09. The van der Waals surface area contributed by atoms with E-state index in [1.165, 1.54) is 42.1 Å². The second-order valence-corrected chi connectivity index (χ2v) is 8.12. The molecular formula is C23H17ClN2O6S. The second kappa shape index (κ2) is 10.7. The molecule has 0 aliphatic carbocycles. The Kier molecular flexibility index (Phi) is 7.70. The van der Waals surface area contributed by atoms with Gasteiger partial charge in [-0.25, -0.2) is 9.59 Å². The number of hydrogen-bond donors (Lipinski definition) is 4. The summed E-state index contributed by atoms with van der Waals surface area (Å²) in [5, 5.41) is 23.7. The largest absolute Gasteiger partial charge is 0.478 e. The van der Waals surface area contributed by atoms with Crippen LogP contribution in [0.5, 0.6) is 0 Å². The third-order valence-electron chi connectivity index (χ3n) is 4.37. The Balaban J connectivity index is 1.57. The van der Waals surface area contributed by atoms with Gasteiger partial charge in [-0.05, 0) is 54.6 Å². The third-order valence-corrected chi connectivity index (χ3v) is 5.71. The van der Waals surface area contributed by atoms with E-state index in [1.54, 1.807) is 36.4 Å². The van der Waals surface area contributed by atoms with Crippen molar-refractivity contribution in [1.82, 2.24) is 0 Å². The van der Waals surface area contributed by atoms with Gasteiger partial charge in [0.05, 0.1) is 33.2 Å². The van der Waals surface area contributed by atoms with Crippen molar-refractivity contribution < 1.29 is 29.4 Å². The van der Waals surface area contributed by atoms with Gasteiger partial charge in [0.2, 0.25) is 5.91 Å². The topological polar surface area (TPSA) is 133 Å². The van der Waals surface area contributed by atoms with E-state index in [9.17, 15) is 24.3 Å². The van der Waals surface area contributed by atoms with Crippen LogP contribution < -0.4 is 10.6 Å². The van der Waals surface area contributed by atoms with Gasteiger partial charge in [0.15, 0.2) is 0 Å². The standard InChI is InChI=1S/C23H17ClN2O6S/c24-18-10-5-13(22(29)30)11-19(18)26-20(27)12-33-15-8-6-14(7-9-15)25-21(28)16-3-1-2-4-17(16)23(31)32/h1-11H,12H2,(H,25,28)(H,26,27)(H,29,30)(H,31,32). The minimum atomic E-state index is -1.19. The predicted molar refractivity (Wildman–Crippen MR) is 126 cm³/mol. The first-order valence-electron chi connectivity index (χ1n) is 9.44. The molecule has 0 radical (unpaired) electrons. The van der Waals surface area contributed by atoms with E-state index in [2.05, 4.69) is 10.6 Å². The van der Waals surface area contributed by atoms with Crippen LogP contribution in [0.15, 0.2) is 71.6 Å². The molecule has 0 atom stereocenters. The molecule has 2 amide bonds. The molecule has 0 aromatic heterocycles. The number of carbonyl (C=O) groups excluding carboxylic acids is 2. The van der Waals surface area contributed by atoms with Gasteiger partial charge in [-0.15, -0.1) is 11.8 Å². The van der Waals surface area contributed by atoms with Gasteiger partial charge in [0, 0.05) is 10.6 Å². The average Bonchev–Trinajstić information content (AvgIpc) is 2.79. The first-order valence-corrected chi connectivity index (χ1v) is 10.8. The van der Waals surface area contributed by atoms with Gasteiger partial charge in [0.25, 0.3) is 5.91 Å². The normalized spacial score (nSPS) is 10.3. The lowest BCUT2D eigenvalue weighted by molar-refractivity contribution is -0.113. The fourth-order valence-electron chi connectivity index (χ4n) is 2.79. The average molecular weight is 485 g/mol. The highest BCUT2D eigenvalue weighted by atomic mass is 35.5. The van der Waals surface area contributed by atoms with Gasteiger partial charge >= 0.3 is 11.9 Å². The van der Waals surface area contributed by atoms with Crippen LogP contribution in [-0.2, 0) is 4.79 Å². The quantitative estimate of drug-likeness (QED) is 0.340. The highest BCUT2D eigenvalue weighted by Crippen LogP contribution is 2.25. The molecule has 0 spiro atoms. The monoisotopic (exact) mass is 484 g/mol. The molecule has 3 aromatic carbocycles. The number of thioether (sulfide) groups is 1. The van der Waals surface area contributed by atoms with E-state index < -0.39 is 17.8 Å². The highest BCUT2D eigenvalue weighted by Gasteiger charge is 2.16. The molecule has 0 saturated heterocycles. The zero-order chi connectivity index (χ0) is 24.0. The Hall–Kier alpha value is -3.82. The first kappa shape index (κ1) is 23.8. The fraction of sp³-hybridized carbons (Fsp3) is 0.0435. The van der Waals surface area contributed by atoms with Crippen LogP contribution in [0.2, 0.25) is 5.02 Å². The lowest BCUT2D eigenvalue weighted by atomic mass is 10.1. The number of carboxylic acids is 2. The van der Waals surface area contributed by atoms with Crippen LogP contribution in [0.4, 0.5) is 11.4 Å². The number of rotatable bonds is 8. The summed E-state index contributed by atoms with van der Waals surface area (Å²) in [6.07, 6.45) is 0. The summed E-state index contributed by atoms with van der Waals surface area (Å²) >= 11 is 7.24. The minimum Gasteiger partial charge on any atom is -0.478 e. The van der Waals surface area contributed by atoms with Crippen LogP contribution >= 0.6 is 23.4 Å². The minimum absolute atomic E-state index is 0.00553. The molecule has 3 rings (SSSR count). The number of benzene rings is 3. The SMILES string of the molecule is O=C(CSc1ccc(NC(=O)c2ccccc2C(=O)O)cc1)Nc1cc(C(=O)O)ccc1Cl. The van der Waals surface area contributed by atoms with Crippen molar-refractivity contribution in [2.45, 2.75) is 4.90 Å². The van der Waals surface area contributed by atoms with Crippen molar-refractivity contribution in [3.05, 3.63) is 88.4 Å². The van der Waals surface area contributed by atoms with E-state index in [0.717, 1.165) is 4.90 Å². The summed E-state index contributed by atoms with van der Waals surface area (Å²) in [6.45, 7) is 0. The number of anilines is 2. The summed E-state index contributed by atoms with van der Waals surface area (Å²) in [7, 11) is 0. The van der Waals surface area contributed by atoms with Gasteiger partial charge in [-0.3, -0.25) is 9.59 Å². The van der Waals surface area contributed by atoms with Crippen LogP contribution in [0.3, 0.4) is 0 Å². The van der Waals surface area contributed by atoms with Crippen LogP contribution in [-0.4, -0.2) is 39.7 Å².